The highest BCUT2D eigenvalue weighted by molar-refractivity contribution is 6.01. The number of amides is 1. The summed E-state index contributed by atoms with van der Waals surface area (Å²) in [5, 5.41) is 11.0. The Morgan fingerprint density at radius 1 is 1.06 bits per heavy atom. The molecule has 160 valence electrons. The van der Waals surface area contributed by atoms with Crippen LogP contribution in [0.5, 0.6) is 5.75 Å². The van der Waals surface area contributed by atoms with E-state index in [0.717, 1.165) is 34.0 Å². The number of nitrogens with zero attached hydrogens (tertiary/aromatic N) is 4. The third kappa shape index (κ3) is 3.58. The summed E-state index contributed by atoms with van der Waals surface area (Å²) < 4.78 is 12.7. The summed E-state index contributed by atoms with van der Waals surface area (Å²) >= 11 is 0. The number of hydrazone groups is 1. The Hall–Kier alpha value is -4.13. The van der Waals surface area contributed by atoms with Crippen molar-refractivity contribution in [3.63, 3.8) is 0 Å². The van der Waals surface area contributed by atoms with E-state index in [-0.39, 0.29) is 11.9 Å². The smallest absolute Gasteiger partial charge is 0.240 e. The average Bonchev–Trinajstić information content (AvgIpc) is 3.58. The van der Waals surface area contributed by atoms with Crippen molar-refractivity contribution in [3.8, 4) is 22.7 Å². The third-order valence-corrected chi connectivity index (χ3v) is 5.52. The van der Waals surface area contributed by atoms with Gasteiger partial charge in [0, 0.05) is 30.7 Å². The van der Waals surface area contributed by atoms with Gasteiger partial charge in [0.05, 0.1) is 30.8 Å². The fourth-order valence-corrected chi connectivity index (χ4v) is 3.95. The van der Waals surface area contributed by atoms with Gasteiger partial charge in [-0.05, 0) is 48.5 Å². The maximum Gasteiger partial charge on any atom is 0.240 e. The number of hydrogen-bond donors (Lipinski definition) is 0. The molecule has 1 aliphatic heterocycles. The van der Waals surface area contributed by atoms with Crippen LogP contribution in [0.1, 0.15) is 30.7 Å². The zero-order chi connectivity index (χ0) is 22.1. The van der Waals surface area contributed by atoms with Gasteiger partial charge in [0.2, 0.25) is 5.91 Å². The minimum absolute atomic E-state index is 0.135. The van der Waals surface area contributed by atoms with E-state index < -0.39 is 0 Å². The molecule has 7 heteroatoms. The molecule has 0 saturated carbocycles. The molecule has 0 bridgehead atoms. The number of rotatable bonds is 5. The first-order valence-electron chi connectivity index (χ1n) is 10.3. The van der Waals surface area contributed by atoms with Gasteiger partial charge in [-0.2, -0.15) is 10.2 Å². The first-order valence-corrected chi connectivity index (χ1v) is 10.3. The Kier molecular flexibility index (Phi) is 5.07. The summed E-state index contributed by atoms with van der Waals surface area (Å²) in [6.07, 6.45) is 4.13. The number of hydrogen-bond acceptors (Lipinski definition) is 5. The van der Waals surface area contributed by atoms with Gasteiger partial charge in [-0.3, -0.25) is 4.79 Å². The molecule has 4 aromatic rings. The number of aromatic nitrogens is 2. The van der Waals surface area contributed by atoms with Crippen LogP contribution in [-0.2, 0) is 4.79 Å². The van der Waals surface area contributed by atoms with Gasteiger partial charge in [-0.15, -0.1) is 0 Å². The van der Waals surface area contributed by atoms with Crippen molar-refractivity contribution < 1.29 is 13.9 Å². The Balaban J connectivity index is 1.61. The van der Waals surface area contributed by atoms with Gasteiger partial charge in [-0.1, -0.05) is 18.2 Å². The van der Waals surface area contributed by atoms with E-state index in [1.165, 1.54) is 11.9 Å². The van der Waals surface area contributed by atoms with Crippen LogP contribution in [0.2, 0.25) is 0 Å². The van der Waals surface area contributed by atoms with E-state index in [4.69, 9.17) is 14.3 Å². The minimum atomic E-state index is -0.290. The molecule has 5 rings (SSSR count). The number of ether oxygens (including phenoxy) is 1. The number of benzene rings is 2. The van der Waals surface area contributed by atoms with Crippen molar-refractivity contribution in [1.82, 2.24) is 14.8 Å². The van der Waals surface area contributed by atoms with Gasteiger partial charge >= 0.3 is 0 Å². The van der Waals surface area contributed by atoms with Crippen LogP contribution in [0.25, 0.3) is 16.9 Å². The fraction of sp³-hybridized carbons (Fsp3) is 0.160. The van der Waals surface area contributed by atoms with Crippen LogP contribution < -0.4 is 4.74 Å². The lowest BCUT2D eigenvalue weighted by molar-refractivity contribution is -0.130. The summed E-state index contributed by atoms with van der Waals surface area (Å²) in [6.45, 7) is 1.52. The lowest BCUT2D eigenvalue weighted by Gasteiger charge is -2.20. The predicted molar refractivity (Wildman–Crippen MR) is 121 cm³/mol. The number of furan rings is 1. The quantitative estimate of drug-likeness (QED) is 0.458. The molecule has 1 atom stereocenters. The zero-order valence-corrected chi connectivity index (χ0v) is 17.8. The standard InChI is InChI=1S/C25H22N4O3/c1-17(30)29-23(15-22(26-29)24-9-6-14-32-24)21-16-28(19-7-4-3-5-8-19)27-25(21)18-10-12-20(31-2)13-11-18/h3-14,16,23H,15H2,1-2H3. The van der Waals surface area contributed by atoms with Crippen LogP contribution in [0.3, 0.4) is 0 Å². The zero-order valence-electron chi connectivity index (χ0n) is 17.8. The van der Waals surface area contributed by atoms with Gasteiger partial charge in [0.15, 0.2) is 0 Å². The summed E-state index contributed by atoms with van der Waals surface area (Å²) in [7, 11) is 1.64. The summed E-state index contributed by atoms with van der Waals surface area (Å²) in [6, 6.07) is 21.1. The molecular formula is C25H22N4O3. The molecule has 0 fully saturated rings. The largest absolute Gasteiger partial charge is 0.497 e. The van der Waals surface area contributed by atoms with Crippen LogP contribution in [0, 0.1) is 0 Å². The molecule has 0 radical (unpaired) electrons. The molecule has 32 heavy (non-hydrogen) atoms. The van der Waals surface area contributed by atoms with E-state index in [2.05, 4.69) is 5.10 Å². The molecule has 0 N–H and O–H groups in total. The van der Waals surface area contributed by atoms with Crippen LogP contribution in [0.15, 0.2) is 88.7 Å². The molecule has 1 aliphatic rings. The second kappa shape index (κ2) is 8.19. The van der Waals surface area contributed by atoms with E-state index in [0.29, 0.717) is 12.2 Å². The summed E-state index contributed by atoms with van der Waals surface area (Å²) in [5.41, 5.74) is 4.32. The molecule has 2 aromatic carbocycles. The molecule has 1 unspecified atom stereocenters. The fourth-order valence-electron chi connectivity index (χ4n) is 3.95. The van der Waals surface area contributed by atoms with Crippen LogP contribution in [0.4, 0.5) is 0 Å². The number of carbonyl (C=O) groups excluding carboxylic acids is 1. The minimum Gasteiger partial charge on any atom is -0.497 e. The molecule has 7 nitrogen and oxygen atoms in total. The normalized spacial score (nSPS) is 15.6. The number of methoxy groups -OCH3 is 1. The molecule has 0 saturated heterocycles. The Morgan fingerprint density at radius 3 is 2.50 bits per heavy atom. The second-order valence-electron chi connectivity index (χ2n) is 7.55. The van der Waals surface area contributed by atoms with Crippen molar-refractivity contribution in [2.75, 3.05) is 7.11 Å². The average molecular weight is 426 g/mol. The lowest BCUT2D eigenvalue weighted by Crippen LogP contribution is -2.24. The first-order chi connectivity index (χ1) is 15.6. The van der Waals surface area contributed by atoms with Gasteiger partial charge in [0.25, 0.3) is 0 Å². The summed E-state index contributed by atoms with van der Waals surface area (Å²) in [5.74, 6) is 1.30. The molecule has 0 aliphatic carbocycles. The molecule has 1 amide bonds. The highest BCUT2D eigenvalue weighted by atomic mass is 16.5. The molecule has 0 spiro atoms. The van der Waals surface area contributed by atoms with Gasteiger partial charge in [-0.25, -0.2) is 9.69 Å². The molecule has 3 heterocycles. The van der Waals surface area contributed by atoms with Crippen molar-refractivity contribution >= 4 is 11.6 Å². The lowest BCUT2D eigenvalue weighted by atomic mass is 9.98. The Labute approximate surface area is 185 Å². The van der Waals surface area contributed by atoms with E-state index in [1.54, 1.807) is 13.4 Å². The maximum atomic E-state index is 12.5. The third-order valence-electron chi connectivity index (χ3n) is 5.52. The topological polar surface area (TPSA) is 72.9 Å². The van der Waals surface area contributed by atoms with E-state index >= 15 is 0 Å². The number of carbonyl (C=O) groups is 1. The first kappa shape index (κ1) is 19.8. The summed E-state index contributed by atoms with van der Waals surface area (Å²) in [4.78, 5) is 12.5. The highest BCUT2D eigenvalue weighted by Crippen LogP contribution is 2.38. The predicted octanol–water partition coefficient (Wildman–Crippen LogP) is 4.84. The van der Waals surface area contributed by atoms with E-state index in [9.17, 15) is 4.79 Å². The van der Waals surface area contributed by atoms with Crippen molar-refractivity contribution in [3.05, 3.63) is 90.5 Å². The monoisotopic (exact) mass is 426 g/mol. The second-order valence-corrected chi connectivity index (χ2v) is 7.55. The van der Waals surface area contributed by atoms with E-state index in [1.807, 2.05) is 77.6 Å². The molecular weight excluding hydrogens is 404 g/mol. The Morgan fingerprint density at radius 2 is 1.84 bits per heavy atom. The number of para-hydroxylation sites is 1. The van der Waals surface area contributed by atoms with Crippen molar-refractivity contribution in [2.24, 2.45) is 5.10 Å². The van der Waals surface area contributed by atoms with Crippen LogP contribution in [-0.4, -0.2) is 33.5 Å². The van der Waals surface area contributed by atoms with Crippen LogP contribution >= 0.6 is 0 Å². The van der Waals surface area contributed by atoms with Gasteiger partial charge < -0.3 is 9.15 Å². The molecule has 2 aromatic heterocycles. The Bertz CT molecular complexity index is 1260. The SMILES string of the molecule is COc1ccc(-c2nn(-c3ccccc3)cc2C2CC(c3ccco3)=NN2C(C)=O)cc1. The van der Waals surface area contributed by atoms with Crippen molar-refractivity contribution in [1.29, 1.82) is 0 Å². The highest BCUT2D eigenvalue weighted by Gasteiger charge is 2.35. The maximum absolute atomic E-state index is 12.5. The van der Waals surface area contributed by atoms with Gasteiger partial charge in [0.1, 0.15) is 17.2 Å². The van der Waals surface area contributed by atoms with Crippen molar-refractivity contribution in [2.45, 2.75) is 19.4 Å².